The Morgan fingerprint density at radius 3 is 1.70 bits per heavy atom. The van der Waals surface area contributed by atoms with Crippen molar-refractivity contribution in [1.29, 1.82) is 0 Å². The molecule has 0 rings (SSSR count). The van der Waals surface area contributed by atoms with Gasteiger partial charge in [0, 0.05) is 0 Å². The molecule has 0 amide bonds. The molecule has 0 spiro atoms. The number of nitrogens with zero attached hydrogens (tertiary/aromatic N) is 1. The van der Waals surface area contributed by atoms with E-state index in [2.05, 4.69) is 19.1 Å². The van der Waals surface area contributed by atoms with E-state index in [1.807, 2.05) is 21.1 Å². The fourth-order valence-corrected chi connectivity index (χ4v) is 4.44. The smallest absolute Gasteiger partial charge is 0.362 e. The fourth-order valence-electron chi connectivity index (χ4n) is 3.38. The third-order valence-electron chi connectivity index (χ3n) is 4.86. The molecule has 1 atom stereocenters. The number of likely N-dealkylation sites (N-methyl/N-ethyl adjacent to an activating group) is 1. The fraction of sp³-hybridized carbons (Fsp3) is 0.905. The predicted octanol–water partition coefficient (Wildman–Crippen LogP) is 5.21. The van der Waals surface area contributed by atoms with Crippen molar-refractivity contribution >= 4 is 7.60 Å². The summed E-state index contributed by atoms with van der Waals surface area (Å²) in [4.78, 5) is 19.1. The summed E-state index contributed by atoms with van der Waals surface area (Å²) in [5.41, 5.74) is 0. The van der Waals surface area contributed by atoms with E-state index in [1.165, 1.54) is 44.9 Å². The summed E-state index contributed by atoms with van der Waals surface area (Å²) < 4.78 is 12.1. The van der Waals surface area contributed by atoms with Gasteiger partial charge in [-0.05, 0) is 38.5 Å². The summed E-state index contributed by atoms with van der Waals surface area (Å²) in [5.74, 6) is 0. The van der Waals surface area contributed by atoms with Gasteiger partial charge in [0.25, 0.3) is 0 Å². The van der Waals surface area contributed by atoms with Gasteiger partial charge in [0.2, 0.25) is 5.34 Å². The molecule has 0 bridgehead atoms. The zero-order valence-electron chi connectivity index (χ0n) is 18.2. The van der Waals surface area contributed by atoms with Gasteiger partial charge in [0.1, 0.15) is 6.54 Å². The molecular formula is C21H45NO4P+. The Morgan fingerprint density at radius 1 is 0.815 bits per heavy atom. The van der Waals surface area contributed by atoms with Gasteiger partial charge in [0.15, 0.2) is 0 Å². The molecule has 0 aliphatic rings. The number of rotatable bonds is 17. The molecule has 5 nitrogen and oxygen atoms in total. The van der Waals surface area contributed by atoms with Crippen molar-refractivity contribution in [2.24, 2.45) is 0 Å². The molecule has 6 heteroatoms. The lowest BCUT2D eigenvalue weighted by atomic mass is 10.0. The minimum absolute atomic E-state index is 0.0576. The lowest BCUT2D eigenvalue weighted by molar-refractivity contribution is -0.875. The van der Waals surface area contributed by atoms with E-state index in [0.717, 1.165) is 25.7 Å². The minimum Gasteiger partial charge on any atom is -0.373 e. The van der Waals surface area contributed by atoms with Crippen LogP contribution in [0.25, 0.3) is 0 Å². The first-order valence-corrected chi connectivity index (χ1v) is 12.4. The van der Waals surface area contributed by atoms with E-state index in [9.17, 15) is 19.5 Å². The SMILES string of the molecule is CCCCCC/C=C\CCCCCCCCC(O)(C[N+](C)(C)C)P(=O)(O)O. The largest absolute Gasteiger partial charge is 0.373 e. The first-order valence-electron chi connectivity index (χ1n) is 10.8. The Morgan fingerprint density at radius 2 is 1.26 bits per heavy atom. The molecular weight excluding hydrogens is 361 g/mol. The molecule has 0 saturated carbocycles. The van der Waals surface area contributed by atoms with Gasteiger partial charge in [-0.25, -0.2) is 0 Å². The van der Waals surface area contributed by atoms with Crippen LogP contribution in [-0.2, 0) is 4.57 Å². The van der Waals surface area contributed by atoms with Crippen molar-refractivity contribution in [1.82, 2.24) is 0 Å². The van der Waals surface area contributed by atoms with Gasteiger partial charge in [-0.2, -0.15) is 0 Å². The van der Waals surface area contributed by atoms with Crippen LogP contribution >= 0.6 is 7.60 Å². The molecule has 0 aromatic carbocycles. The number of unbranched alkanes of at least 4 members (excludes halogenated alkanes) is 10. The quantitative estimate of drug-likeness (QED) is 0.134. The molecule has 27 heavy (non-hydrogen) atoms. The van der Waals surface area contributed by atoms with Gasteiger partial charge in [0.05, 0.1) is 21.1 Å². The summed E-state index contributed by atoms with van der Waals surface area (Å²) in [6.07, 6.45) is 18.6. The minimum atomic E-state index is -4.54. The first kappa shape index (κ1) is 26.8. The normalized spacial score (nSPS) is 15.4. The van der Waals surface area contributed by atoms with Crippen LogP contribution in [0.5, 0.6) is 0 Å². The number of aliphatic hydroxyl groups is 1. The maximum atomic E-state index is 11.7. The van der Waals surface area contributed by atoms with E-state index >= 15 is 0 Å². The summed E-state index contributed by atoms with van der Waals surface area (Å²) >= 11 is 0. The first-order chi connectivity index (χ1) is 12.5. The maximum Gasteiger partial charge on any atom is 0.362 e. The molecule has 0 aromatic heterocycles. The number of quaternary nitrogens is 1. The number of allylic oxidation sites excluding steroid dienone is 2. The van der Waals surface area contributed by atoms with Crippen LogP contribution in [0.3, 0.4) is 0 Å². The average Bonchev–Trinajstić information content (AvgIpc) is 2.52. The predicted molar refractivity (Wildman–Crippen MR) is 115 cm³/mol. The van der Waals surface area contributed by atoms with Crippen LogP contribution in [-0.4, -0.2) is 52.4 Å². The summed E-state index contributed by atoms with van der Waals surface area (Å²) in [6.45, 7) is 2.29. The van der Waals surface area contributed by atoms with Crippen LogP contribution < -0.4 is 0 Å². The highest BCUT2D eigenvalue weighted by Gasteiger charge is 2.48. The molecule has 0 heterocycles. The molecule has 0 fully saturated rings. The Hall–Kier alpha value is -0.190. The topological polar surface area (TPSA) is 77.8 Å². The highest BCUT2D eigenvalue weighted by molar-refractivity contribution is 7.53. The third-order valence-corrected chi connectivity index (χ3v) is 6.31. The van der Waals surface area contributed by atoms with Gasteiger partial charge in [-0.1, -0.05) is 64.0 Å². The lowest BCUT2D eigenvalue weighted by Gasteiger charge is -2.35. The molecule has 0 saturated heterocycles. The van der Waals surface area contributed by atoms with E-state index in [1.54, 1.807) is 0 Å². The van der Waals surface area contributed by atoms with Crippen molar-refractivity contribution < 1.29 is 23.9 Å². The maximum absolute atomic E-state index is 11.7. The van der Waals surface area contributed by atoms with Crippen LogP contribution in [0.1, 0.15) is 90.4 Å². The average molecular weight is 407 g/mol. The lowest BCUT2D eigenvalue weighted by Crippen LogP contribution is -2.49. The molecule has 0 radical (unpaired) electrons. The van der Waals surface area contributed by atoms with E-state index in [-0.39, 0.29) is 13.0 Å². The second kappa shape index (κ2) is 13.9. The van der Waals surface area contributed by atoms with E-state index in [0.29, 0.717) is 10.9 Å². The summed E-state index contributed by atoms with van der Waals surface area (Å²) in [6, 6.07) is 0. The van der Waals surface area contributed by atoms with Crippen molar-refractivity contribution in [3.8, 4) is 0 Å². The number of hydrogen-bond acceptors (Lipinski definition) is 2. The molecule has 0 aromatic rings. The van der Waals surface area contributed by atoms with Crippen LogP contribution in [0.2, 0.25) is 0 Å². The molecule has 3 N–H and O–H groups in total. The molecule has 0 aliphatic carbocycles. The Balaban J connectivity index is 3.80. The molecule has 162 valence electrons. The van der Waals surface area contributed by atoms with Gasteiger partial charge in [-0.15, -0.1) is 0 Å². The highest BCUT2D eigenvalue weighted by Crippen LogP contribution is 2.52. The Bertz CT molecular complexity index is 442. The second-order valence-electron chi connectivity index (χ2n) is 8.96. The Labute approximate surface area is 167 Å². The summed E-state index contributed by atoms with van der Waals surface area (Å²) in [7, 11) is 0.963. The van der Waals surface area contributed by atoms with Crippen molar-refractivity contribution in [2.45, 2.75) is 95.7 Å². The van der Waals surface area contributed by atoms with E-state index < -0.39 is 12.9 Å². The van der Waals surface area contributed by atoms with Crippen LogP contribution in [0.15, 0.2) is 12.2 Å². The van der Waals surface area contributed by atoms with Gasteiger partial charge in [-0.3, -0.25) is 4.57 Å². The van der Waals surface area contributed by atoms with Crippen molar-refractivity contribution in [3.63, 3.8) is 0 Å². The number of hydrogen-bond donors (Lipinski definition) is 3. The molecule has 1 unspecified atom stereocenters. The Kier molecular flexibility index (Phi) is 13.8. The highest BCUT2D eigenvalue weighted by atomic mass is 31.2. The summed E-state index contributed by atoms with van der Waals surface area (Å²) in [5, 5.41) is 8.58. The van der Waals surface area contributed by atoms with Crippen LogP contribution in [0.4, 0.5) is 0 Å². The van der Waals surface area contributed by atoms with Crippen molar-refractivity contribution in [3.05, 3.63) is 12.2 Å². The zero-order chi connectivity index (χ0) is 20.8. The standard InChI is InChI=1S/C21H44NO4P/c1-5-6-7-8-9-10-11-12-13-14-15-16-17-18-19-21(23,27(24,25)26)20-22(2,3)4/h10-11,23H,5-9,12-20H2,1-4H3,(H-,24,25,26)/p+1/b11-10-. The second-order valence-corrected chi connectivity index (χ2v) is 10.9. The van der Waals surface area contributed by atoms with Crippen LogP contribution in [0, 0.1) is 0 Å². The zero-order valence-corrected chi connectivity index (χ0v) is 19.1. The van der Waals surface area contributed by atoms with Crippen molar-refractivity contribution in [2.75, 3.05) is 27.7 Å². The monoisotopic (exact) mass is 406 g/mol. The van der Waals surface area contributed by atoms with Gasteiger partial charge < -0.3 is 19.4 Å². The third kappa shape index (κ3) is 14.5. The van der Waals surface area contributed by atoms with Gasteiger partial charge >= 0.3 is 7.60 Å². The molecule has 0 aliphatic heterocycles. The van der Waals surface area contributed by atoms with E-state index in [4.69, 9.17) is 0 Å².